The van der Waals surface area contributed by atoms with Gasteiger partial charge in [-0.1, -0.05) is 0 Å². The van der Waals surface area contributed by atoms with Crippen LogP contribution in [0.1, 0.15) is 21.6 Å². The van der Waals surface area contributed by atoms with E-state index in [4.69, 9.17) is 14.7 Å². The lowest BCUT2D eigenvalue weighted by molar-refractivity contribution is 0.0600. The van der Waals surface area contributed by atoms with Gasteiger partial charge in [0.25, 0.3) is 0 Å². The van der Waals surface area contributed by atoms with Gasteiger partial charge in [0.2, 0.25) is 0 Å². The molecular weight excluding hydrogens is 284 g/mol. The highest BCUT2D eigenvalue weighted by atomic mass is 16.5. The zero-order chi connectivity index (χ0) is 15.9. The zero-order valence-corrected chi connectivity index (χ0v) is 12.2. The summed E-state index contributed by atoms with van der Waals surface area (Å²) in [4.78, 5) is 15.5. The minimum Gasteiger partial charge on any atom is -0.493 e. The van der Waals surface area contributed by atoms with Crippen LogP contribution < -0.4 is 9.47 Å². The predicted octanol–water partition coefficient (Wildman–Crippen LogP) is 2.33. The first-order valence-electron chi connectivity index (χ1n) is 6.42. The maximum absolute atomic E-state index is 11.6. The summed E-state index contributed by atoms with van der Waals surface area (Å²) in [5.41, 5.74) is 1.47. The monoisotopic (exact) mass is 298 g/mol. The fourth-order valence-electron chi connectivity index (χ4n) is 1.82. The molecule has 0 bridgehead atoms. The van der Waals surface area contributed by atoms with Crippen molar-refractivity contribution in [2.45, 2.75) is 6.61 Å². The number of esters is 1. The van der Waals surface area contributed by atoms with Gasteiger partial charge in [0.15, 0.2) is 11.5 Å². The Labute approximate surface area is 127 Å². The number of ether oxygens (including phenoxy) is 3. The molecule has 0 saturated carbocycles. The van der Waals surface area contributed by atoms with Crippen molar-refractivity contribution in [1.82, 2.24) is 4.98 Å². The molecule has 1 aromatic carbocycles. The second-order valence-electron chi connectivity index (χ2n) is 4.31. The molecule has 2 aromatic rings. The zero-order valence-electron chi connectivity index (χ0n) is 12.2. The Morgan fingerprint density at radius 3 is 2.73 bits per heavy atom. The maximum atomic E-state index is 11.6. The fourth-order valence-corrected chi connectivity index (χ4v) is 1.82. The third kappa shape index (κ3) is 3.52. The average Bonchev–Trinajstić information content (AvgIpc) is 2.59. The lowest BCUT2D eigenvalue weighted by atomic mass is 10.2. The molecule has 2 rings (SSSR count). The van der Waals surface area contributed by atoms with Crippen molar-refractivity contribution in [2.75, 3.05) is 14.2 Å². The predicted molar refractivity (Wildman–Crippen MR) is 77.6 cm³/mol. The molecule has 0 aliphatic heterocycles. The van der Waals surface area contributed by atoms with Crippen LogP contribution in [0.3, 0.4) is 0 Å². The number of pyridine rings is 1. The number of carbonyl (C=O) groups is 1. The second-order valence-corrected chi connectivity index (χ2v) is 4.31. The number of nitriles is 1. The van der Waals surface area contributed by atoms with Crippen LogP contribution in [0.4, 0.5) is 0 Å². The molecule has 0 aliphatic carbocycles. The van der Waals surface area contributed by atoms with E-state index in [1.54, 1.807) is 36.5 Å². The topological polar surface area (TPSA) is 81.4 Å². The molecule has 1 aromatic heterocycles. The minimum atomic E-state index is -0.455. The summed E-state index contributed by atoms with van der Waals surface area (Å²) in [5.74, 6) is 0.464. The van der Waals surface area contributed by atoms with Crippen molar-refractivity contribution < 1.29 is 19.0 Å². The Morgan fingerprint density at radius 1 is 1.23 bits per heavy atom. The van der Waals surface area contributed by atoms with Gasteiger partial charge in [-0.25, -0.2) is 9.78 Å². The molecule has 0 atom stereocenters. The molecule has 1 heterocycles. The van der Waals surface area contributed by atoms with Crippen LogP contribution in [0.25, 0.3) is 0 Å². The van der Waals surface area contributed by atoms with Gasteiger partial charge in [-0.2, -0.15) is 5.26 Å². The van der Waals surface area contributed by atoms with Gasteiger partial charge in [-0.05, 0) is 35.9 Å². The Bertz CT molecular complexity index is 722. The van der Waals surface area contributed by atoms with Crippen molar-refractivity contribution in [2.24, 2.45) is 0 Å². The first kappa shape index (κ1) is 15.3. The number of aromatic nitrogens is 1. The molecule has 0 unspecified atom stereocenters. The van der Waals surface area contributed by atoms with Crippen molar-refractivity contribution in [3.63, 3.8) is 0 Å². The summed E-state index contributed by atoms with van der Waals surface area (Å²) >= 11 is 0. The maximum Gasteiger partial charge on any atom is 0.337 e. The molecular formula is C16H14N2O4. The molecule has 112 valence electrons. The van der Waals surface area contributed by atoms with Gasteiger partial charge >= 0.3 is 5.97 Å². The standard InChI is InChI=1S/C16H14N2O4/c1-20-14-4-3-12(16(19)21-2)8-15(14)22-10-11-5-6-18-13(7-11)9-17/h3-8H,10H2,1-2H3. The third-order valence-corrected chi connectivity index (χ3v) is 2.92. The van der Waals surface area contributed by atoms with E-state index >= 15 is 0 Å². The van der Waals surface area contributed by atoms with E-state index in [2.05, 4.69) is 9.72 Å². The fraction of sp³-hybridized carbons (Fsp3) is 0.188. The molecule has 0 saturated heterocycles. The summed E-state index contributed by atoms with van der Waals surface area (Å²) < 4.78 is 15.6. The van der Waals surface area contributed by atoms with Gasteiger partial charge in [-0.3, -0.25) is 0 Å². The average molecular weight is 298 g/mol. The summed E-state index contributed by atoms with van der Waals surface area (Å²) in [6.07, 6.45) is 1.54. The number of hydrogen-bond acceptors (Lipinski definition) is 6. The van der Waals surface area contributed by atoms with Crippen LogP contribution >= 0.6 is 0 Å². The normalized spacial score (nSPS) is 9.68. The van der Waals surface area contributed by atoms with Crippen molar-refractivity contribution in [3.8, 4) is 17.6 Å². The summed E-state index contributed by atoms with van der Waals surface area (Å²) in [5, 5.41) is 8.83. The smallest absolute Gasteiger partial charge is 0.337 e. The second kappa shape index (κ2) is 7.09. The Hall–Kier alpha value is -3.07. The van der Waals surface area contributed by atoms with Crippen molar-refractivity contribution in [1.29, 1.82) is 5.26 Å². The molecule has 6 heteroatoms. The Kier molecular flexibility index (Phi) is 4.94. The summed E-state index contributed by atoms with van der Waals surface area (Å²) in [6, 6.07) is 10.1. The van der Waals surface area contributed by atoms with E-state index in [0.29, 0.717) is 22.8 Å². The largest absolute Gasteiger partial charge is 0.493 e. The Morgan fingerprint density at radius 2 is 2.05 bits per heavy atom. The van der Waals surface area contributed by atoms with Crippen LogP contribution in [0.5, 0.6) is 11.5 Å². The van der Waals surface area contributed by atoms with Crippen LogP contribution in [0.2, 0.25) is 0 Å². The first-order valence-corrected chi connectivity index (χ1v) is 6.42. The van der Waals surface area contributed by atoms with Gasteiger partial charge in [0.1, 0.15) is 18.4 Å². The quantitative estimate of drug-likeness (QED) is 0.788. The minimum absolute atomic E-state index is 0.220. The van der Waals surface area contributed by atoms with E-state index in [1.165, 1.54) is 14.2 Å². The number of methoxy groups -OCH3 is 2. The summed E-state index contributed by atoms with van der Waals surface area (Å²) in [6.45, 7) is 0.220. The highest BCUT2D eigenvalue weighted by Gasteiger charge is 2.11. The number of benzene rings is 1. The van der Waals surface area contributed by atoms with Gasteiger partial charge in [0, 0.05) is 6.20 Å². The molecule has 22 heavy (non-hydrogen) atoms. The van der Waals surface area contributed by atoms with E-state index in [9.17, 15) is 4.79 Å². The molecule has 0 spiro atoms. The van der Waals surface area contributed by atoms with Gasteiger partial charge in [0.05, 0.1) is 19.8 Å². The molecule has 0 radical (unpaired) electrons. The SMILES string of the molecule is COC(=O)c1ccc(OC)c(OCc2ccnc(C#N)c2)c1. The van der Waals surface area contributed by atoms with Crippen LogP contribution in [0.15, 0.2) is 36.5 Å². The Balaban J connectivity index is 2.20. The molecule has 6 nitrogen and oxygen atoms in total. The first-order chi connectivity index (χ1) is 10.7. The van der Waals surface area contributed by atoms with E-state index in [-0.39, 0.29) is 6.61 Å². The number of nitrogens with zero attached hydrogens (tertiary/aromatic N) is 2. The lowest BCUT2D eigenvalue weighted by Gasteiger charge is -2.12. The number of hydrogen-bond donors (Lipinski definition) is 0. The molecule has 0 aliphatic rings. The van der Waals surface area contributed by atoms with Crippen LogP contribution in [-0.2, 0) is 11.3 Å². The van der Waals surface area contributed by atoms with E-state index in [0.717, 1.165) is 5.56 Å². The van der Waals surface area contributed by atoms with E-state index in [1.807, 2.05) is 6.07 Å². The van der Waals surface area contributed by atoms with Crippen LogP contribution in [-0.4, -0.2) is 25.2 Å². The number of rotatable bonds is 5. The highest BCUT2D eigenvalue weighted by Crippen LogP contribution is 2.29. The summed E-state index contributed by atoms with van der Waals surface area (Å²) in [7, 11) is 2.83. The van der Waals surface area contributed by atoms with Crippen molar-refractivity contribution in [3.05, 3.63) is 53.3 Å². The van der Waals surface area contributed by atoms with Gasteiger partial charge in [-0.15, -0.1) is 0 Å². The van der Waals surface area contributed by atoms with E-state index < -0.39 is 5.97 Å². The number of carbonyl (C=O) groups excluding carboxylic acids is 1. The molecule has 0 N–H and O–H groups in total. The molecule has 0 fully saturated rings. The lowest BCUT2D eigenvalue weighted by Crippen LogP contribution is -2.04. The van der Waals surface area contributed by atoms with Crippen LogP contribution in [0, 0.1) is 11.3 Å². The van der Waals surface area contributed by atoms with Crippen molar-refractivity contribution >= 4 is 5.97 Å². The third-order valence-electron chi connectivity index (χ3n) is 2.92. The van der Waals surface area contributed by atoms with Gasteiger partial charge < -0.3 is 14.2 Å². The highest BCUT2D eigenvalue weighted by molar-refractivity contribution is 5.90. The molecule has 0 amide bonds.